The number of hydrogen-bond donors (Lipinski definition) is 0. The normalized spacial score (nSPS) is 24.0. The summed E-state index contributed by atoms with van der Waals surface area (Å²) in [6.45, 7) is 16.2. The van der Waals surface area contributed by atoms with Crippen LogP contribution in [0.3, 0.4) is 0 Å². The average Bonchev–Trinajstić information content (AvgIpc) is 2.49. The molecule has 1 rings (SSSR count). The van der Waals surface area contributed by atoms with Crippen LogP contribution >= 0.6 is 0 Å². The maximum absolute atomic E-state index is 2.60. The molecule has 1 aliphatic heterocycles. The van der Waals surface area contributed by atoms with Crippen LogP contribution in [-0.4, -0.2) is 23.5 Å². The molecule has 0 spiro atoms. The molecule has 0 saturated carbocycles. The van der Waals surface area contributed by atoms with Crippen molar-refractivity contribution in [2.75, 3.05) is 13.1 Å². The predicted molar refractivity (Wildman–Crippen MR) is 63.5 cm³/mol. The van der Waals surface area contributed by atoms with Crippen LogP contribution in [0.1, 0.15) is 48.0 Å². The average molecular weight is 195 g/mol. The third-order valence-electron chi connectivity index (χ3n) is 3.54. The van der Waals surface area contributed by atoms with Crippen molar-refractivity contribution in [1.29, 1.82) is 0 Å². The van der Waals surface area contributed by atoms with E-state index < -0.39 is 0 Å². The molecule has 1 unspecified atom stereocenters. The number of hydrogen-bond acceptors (Lipinski definition) is 1. The lowest BCUT2D eigenvalue weighted by Gasteiger charge is -2.31. The zero-order valence-corrected chi connectivity index (χ0v) is 10.6. The number of nitrogens with zero attached hydrogens (tertiary/aromatic N) is 1. The first-order valence-electron chi connectivity index (χ1n) is 5.71. The summed E-state index contributed by atoms with van der Waals surface area (Å²) in [6, 6.07) is 0. The van der Waals surface area contributed by atoms with E-state index in [4.69, 9.17) is 0 Å². The van der Waals surface area contributed by atoms with Crippen LogP contribution in [0.2, 0.25) is 0 Å². The van der Waals surface area contributed by atoms with Crippen molar-refractivity contribution in [1.82, 2.24) is 4.90 Å². The fourth-order valence-corrected chi connectivity index (χ4v) is 2.13. The maximum Gasteiger partial charge on any atom is 0.0125 e. The fourth-order valence-electron chi connectivity index (χ4n) is 2.13. The maximum atomic E-state index is 2.60. The first-order valence-corrected chi connectivity index (χ1v) is 5.71. The van der Waals surface area contributed by atoms with Crippen LogP contribution in [0, 0.1) is 5.92 Å². The van der Waals surface area contributed by atoms with Crippen molar-refractivity contribution in [2.24, 2.45) is 5.92 Å². The summed E-state index contributed by atoms with van der Waals surface area (Å²) < 4.78 is 0. The smallest absolute Gasteiger partial charge is 0.0125 e. The van der Waals surface area contributed by atoms with Crippen molar-refractivity contribution in [3.63, 3.8) is 0 Å². The molecule has 82 valence electrons. The van der Waals surface area contributed by atoms with Crippen molar-refractivity contribution in [2.45, 2.75) is 53.5 Å². The molecular formula is C13H25N. The summed E-state index contributed by atoms with van der Waals surface area (Å²) in [5.74, 6) is 0.805. The molecule has 1 fully saturated rings. The van der Waals surface area contributed by atoms with Crippen molar-refractivity contribution >= 4 is 0 Å². The molecule has 1 heteroatoms. The van der Waals surface area contributed by atoms with E-state index in [-0.39, 0.29) is 0 Å². The molecule has 0 amide bonds. The summed E-state index contributed by atoms with van der Waals surface area (Å²) in [7, 11) is 0. The van der Waals surface area contributed by atoms with Crippen molar-refractivity contribution in [3.8, 4) is 0 Å². The molecular weight excluding hydrogens is 170 g/mol. The third kappa shape index (κ3) is 2.60. The number of rotatable bonds is 1. The minimum Gasteiger partial charge on any atom is -0.298 e. The summed E-state index contributed by atoms with van der Waals surface area (Å²) in [5.41, 5.74) is 3.46. The van der Waals surface area contributed by atoms with Gasteiger partial charge in [0.15, 0.2) is 0 Å². The molecule has 0 N–H and O–H groups in total. The van der Waals surface area contributed by atoms with E-state index in [9.17, 15) is 0 Å². The van der Waals surface area contributed by atoms with Gasteiger partial charge < -0.3 is 0 Å². The van der Waals surface area contributed by atoms with Gasteiger partial charge in [0.2, 0.25) is 0 Å². The molecule has 0 radical (unpaired) electrons. The Morgan fingerprint density at radius 3 is 2.07 bits per heavy atom. The van der Waals surface area contributed by atoms with Gasteiger partial charge in [-0.1, -0.05) is 11.1 Å². The van der Waals surface area contributed by atoms with Gasteiger partial charge in [-0.15, -0.1) is 0 Å². The van der Waals surface area contributed by atoms with E-state index >= 15 is 0 Å². The Labute approximate surface area is 89.2 Å². The molecule has 0 aliphatic carbocycles. The van der Waals surface area contributed by atoms with Gasteiger partial charge in [-0.25, -0.2) is 0 Å². The van der Waals surface area contributed by atoms with Crippen LogP contribution in [0.5, 0.6) is 0 Å². The quantitative estimate of drug-likeness (QED) is 0.579. The Hall–Kier alpha value is -0.300. The lowest BCUT2D eigenvalue weighted by molar-refractivity contribution is 0.170. The molecule has 1 nitrogen and oxygen atoms in total. The van der Waals surface area contributed by atoms with Gasteiger partial charge in [0, 0.05) is 12.1 Å². The molecule has 0 bridgehead atoms. The second kappa shape index (κ2) is 4.06. The lowest BCUT2D eigenvalue weighted by Crippen LogP contribution is -2.39. The first kappa shape index (κ1) is 11.8. The lowest BCUT2D eigenvalue weighted by atomic mass is 9.96. The highest BCUT2D eigenvalue weighted by Gasteiger charge is 2.30. The van der Waals surface area contributed by atoms with Crippen molar-refractivity contribution < 1.29 is 0 Å². The zero-order chi connectivity index (χ0) is 10.9. The van der Waals surface area contributed by atoms with Crippen LogP contribution in [0.15, 0.2) is 11.1 Å². The highest BCUT2D eigenvalue weighted by atomic mass is 15.2. The monoisotopic (exact) mass is 195 g/mol. The molecule has 14 heavy (non-hydrogen) atoms. The van der Waals surface area contributed by atoms with E-state index in [1.165, 1.54) is 25.1 Å². The molecule has 0 aromatic heterocycles. The van der Waals surface area contributed by atoms with Crippen molar-refractivity contribution in [3.05, 3.63) is 11.1 Å². The number of likely N-dealkylation sites (tertiary alicyclic amines) is 1. The van der Waals surface area contributed by atoms with Gasteiger partial charge in [0.05, 0.1) is 0 Å². The Bertz CT molecular complexity index is 228. The Morgan fingerprint density at radius 2 is 1.71 bits per heavy atom. The third-order valence-corrected chi connectivity index (χ3v) is 3.54. The van der Waals surface area contributed by atoms with Gasteiger partial charge in [-0.05, 0) is 60.4 Å². The van der Waals surface area contributed by atoms with E-state index in [1.54, 1.807) is 5.57 Å². The minimum atomic E-state index is 0.344. The highest BCUT2D eigenvalue weighted by molar-refractivity contribution is 5.13. The zero-order valence-electron chi connectivity index (χ0n) is 10.6. The largest absolute Gasteiger partial charge is 0.298 e. The second-order valence-electron chi connectivity index (χ2n) is 5.79. The Morgan fingerprint density at radius 1 is 1.14 bits per heavy atom. The summed E-state index contributed by atoms with van der Waals surface area (Å²) >= 11 is 0. The second-order valence-corrected chi connectivity index (χ2v) is 5.79. The predicted octanol–water partition coefficient (Wildman–Crippen LogP) is 3.46. The van der Waals surface area contributed by atoms with Crippen LogP contribution < -0.4 is 0 Å². The van der Waals surface area contributed by atoms with Gasteiger partial charge >= 0.3 is 0 Å². The SMILES string of the molecule is CC(C)=C(C)C1CCN(C(C)(C)C)C1. The standard InChI is InChI=1S/C13H25N/c1-10(2)11(3)12-7-8-14(9-12)13(4,5)6/h12H,7-9H2,1-6H3. The molecule has 1 saturated heterocycles. The van der Waals surface area contributed by atoms with Crippen LogP contribution in [0.4, 0.5) is 0 Å². The highest BCUT2D eigenvalue weighted by Crippen LogP contribution is 2.29. The summed E-state index contributed by atoms with van der Waals surface area (Å²) in [6.07, 6.45) is 1.34. The van der Waals surface area contributed by atoms with E-state index in [1.807, 2.05) is 0 Å². The Kier molecular flexibility index (Phi) is 3.41. The molecule has 0 aromatic rings. The molecule has 1 aliphatic rings. The van der Waals surface area contributed by atoms with Gasteiger partial charge in [-0.2, -0.15) is 0 Å². The summed E-state index contributed by atoms with van der Waals surface area (Å²) in [4.78, 5) is 2.60. The molecule has 1 atom stereocenters. The summed E-state index contributed by atoms with van der Waals surface area (Å²) in [5, 5.41) is 0. The fraction of sp³-hybridized carbons (Fsp3) is 0.846. The van der Waals surface area contributed by atoms with Gasteiger partial charge in [0.25, 0.3) is 0 Å². The molecule has 0 aromatic carbocycles. The van der Waals surface area contributed by atoms with Gasteiger partial charge in [0.1, 0.15) is 0 Å². The van der Waals surface area contributed by atoms with Gasteiger partial charge in [-0.3, -0.25) is 4.90 Å². The van der Waals surface area contributed by atoms with E-state index in [2.05, 4.69) is 46.4 Å². The number of allylic oxidation sites excluding steroid dienone is 1. The van der Waals surface area contributed by atoms with E-state index in [0.29, 0.717) is 5.54 Å². The first-order chi connectivity index (χ1) is 6.32. The van der Waals surface area contributed by atoms with Crippen LogP contribution in [0.25, 0.3) is 0 Å². The van der Waals surface area contributed by atoms with E-state index in [0.717, 1.165) is 5.92 Å². The molecule has 1 heterocycles. The minimum absolute atomic E-state index is 0.344. The van der Waals surface area contributed by atoms with Crippen LogP contribution in [-0.2, 0) is 0 Å². The Balaban J connectivity index is 2.63. The topological polar surface area (TPSA) is 3.24 Å².